The van der Waals surface area contributed by atoms with Crippen LogP contribution in [0.15, 0.2) is 54.6 Å². The molecule has 1 amide bonds. The van der Waals surface area contributed by atoms with E-state index >= 15 is 0 Å². The average molecular weight is 412 g/mol. The van der Waals surface area contributed by atoms with Gasteiger partial charge in [-0.05, 0) is 24.3 Å². The van der Waals surface area contributed by atoms with Gasteiger partial charge in [-0.3, -0.25) is 4.79 Å². The van der Waals surface area contributed by atoms with Crippen molar-refractivity contribution in [3.05, 3.63) is 59.6 Å². The Labute approximate surface area is 164 Å². The molecule has 2 aromatic carbocycles. The molecule has 27 heavy (non-hydrogen) atoms. The summed E-state index contributed by atoms with van der Waals surface area (Å²) in [5.74, 6) is 0.0848. The Balaban J connectivity index is 1.95. The molecule has 0 fully saturated rings. The standard InChI is InChI=1S/C18H22ClN3O4S/c1-21(2)27(24,25)22(15-8-4-3-5-9-15)14-18(23)20-12-13-26-17-11-7-6-10-16(17)19/h3-11H,12-14H2,1-2H3,(H,20,23). The molecule has 0 aliphatic rings. The van der Waals surface area contributed by atoms with Crippen molar-refractivity contribution < 1.29 is 17.9 Å². The number of hydrogen-bond donors (Lipinski definition) is 1. The van der Waals surface area contributed by atoms with Crippen molar-refractivity contribution in [2.45, 2.75) is 0 Å². The average Bonchev–Trinajstić information content (AvgIpc) is 2.65. The van der Waals surface area contributed by atoms with E-state index < -0.39 is 16.1 Å². The van der Waals surface area contributed by atoms with E-state index in [0.29, 0.717) is 16.5 Å². The molecule has 0 aromatic heterocycles. The lowest BCUT2D eigenvalue weighted by molar-refractivity contribution is -0.119. The molecule has 146 valence electrons. The number of nitrogens with one attached hydrogen (secondary N) is 1. The minimum atomic E-state index is -3.81. The molecule has 0 bridgehead atoms. The summed E-state index contributed by atoms with van der Waals surface area (Å²) in [6.07, 6.45) is 0. The molecule has 1 N–H and O–H groups in total. The summed E-state index contributed by atoms with van der Waals surface area (Å²) in [6.45, 7) is 0.0898. The minimum absolute atomic E-state index is 0.210. The van der Waals surface area contributed by atoms with Crippen LogP contribution in [0.25, 0.3) is 0 Å². The number of ether oxygens (including phenoxy) is 1. The van der Waals surface area contributed by atoms with Crippen molar-refractivity contribution in [3.8, 4) is 5.75 Å². The van der Waals surface area contributed by atoms with Crippen molar-refractivity contribution in [1.82, 2.24) is 9.62 Å². The molecular weight excluding hydrogens is 390 g/mol. The van der Waals surface area contributed by atoms with Gasteiger partial charge in [-0.2, -0.15) is 12.7 Å². The zero-order chi connectivity index (χ0) is 19.9. The largest absolute Gasteiger partial charge is 0.490 e. The Morgan fingerprint density at radius 1 is 1.07 bits per heavy atom. The predicted octanol–water partition coefficient (Wildman–Crippen LogP) is 2.15. The van der Waals surface area contributed by atoms with Crippen molar-refractivity contribution in [2.24, 2.45) is 0 Å². The topological polar surface area (TPSA) is 79.0 Å². The fraction of sp³-hybridized carbons (Fsp3) is 0.278. The van der Waals surface area contributed by atoms with Crippen LogP contribution in [0.3, 0.4) is 0 Å². The predicted molar refractivity (Wildman–Crippen MR) is 106 cm³/mol. The molecular formula is C18H22ClN3O4S. The minimum Gasteiger partial charge on any atom is -0.490 e. The van der Waals surface area contributed by atoms with E-state index in [1.807, 2.05) is 0 Å². The summed E-state index contributed by atoms with van der Waals surface area (Å²) in [5, 5.41) is 3.13. The molecule has 9 heteroatoms. The Kier molecular flexibility index (Phi) is 7.46. The maximum Gasteiger partial charge on any atom is 0.304 e. The normalized spacial score (nSPS) is 11.3. The SMILES string of the molecule is CN(C)S(=O)(=O)N(CC(=O)NCCOc1ccccc1Cl)c1ccccc1. The molecule has 0 saturated heterocycles. The quantitative estimate of drug-likeness (QED) is 0.641. The van der Waals surface area contributed by atoms with E-state index in [2.05, 4.69) is 5.32 Å². The van der Waals surface area contributed by atoms with Crippen LogP contribution >= 0.6 is 11.6 Å². The molecule has 7 nitrogen and oxygen atoms in total. The highest BCUT2D eigenvalue weighted by Gasteiger charge is 2.26. The summed E-state index contributed by atoms with van der Waals surface area (Å²) in [6, 6.07) is 15.5. The first-order valence-electron chi connectivity index (χ1n) is 8.21. The first-order valence-corrected chi connectivity index (χ1v) is 9.99. The van der Waals surface area contributed by atoms with E-state index in [1.54, 1.807) is 54.6 Å². The van der Waals surface area contributed by atoms with E-state index in [1.165, 1.54) is 14.1 Å². The van der Waals surface area contributed by atoms with Crippen LogP contribution in [0.1, 0.15) is 0 Å². The van der Waals surface area contributed by atoms with E-state index in [-0.39, 0.29) is 19.7 Å². The van der Waals surface area contributed by atoms with Gasteiger partial charge in [0.1, 0.15) is 18.9 Å². The summed E-state index contributed by atoms with van der Waals surface area (Å²) >= 11 is 5.99. The van der Waals surface area contributed by atoms with Crippen molar-refractivity contribution >= 4 is 33.4 Å². The van der Waals surface area contributed by atoms with Gasteiger partial charge in [-0.15, -0.1) is 0 Å². The monoisotopic (exact) mass is 411 g/mol. The van der Waals surface area contributed by atoms with Crippen LogP contribution in [0.4, 0.5) is 5.69 Å². The Morgan fingerprint density at radius 3 is 2.33 bits per heavy atom. The molecule has 0 spiro atoms. The second kappa shape index (κ2) is 9.59. The van der Waals surface area contributed by atoms with Crippen molar-refractivity contribution in [2.75, 3.05) is 38.1 Å². The Bertz CT molecular complexity index is 860. The number of para-hydroxylation sites is 2. The number of benzene rings is 2. The van der Waals surface area contributed by atoms with Crippen molar-refractivity contribution in [1.29, 1.82) is 0 Å². The summed E-state index contributed by atoms with van der Waals surface area (Å²) in [4.78, 5) is 12.3. The van der Waals surface area contributed by atoms with E-state index in [4.69, 9.17) is 16.3 Å². The third-order valence-electron chi connectivity index (χ3n) is 3.59. The highest BCUT2D eigenvalue weighted by molar-refractivity contribution is 7.90. The third-order valence-corrected chi connectivity index (χ3v) is 5.72. The molecule has 0 heterocycles. The van der Waals surface area contributed by atoms with Gasteiger partial charge in [-0.1, -0.05) is 41.9 Å². The molecule has 2 rings (SSSR count). The smallest absolute Gasteiger partial charge is 0.304 e. The number of carbonyl (C=O) groups excluding carboxylic acids is 1. The molecule has 0 radical (unpaired) electrons. The van der Waals surface area contributed by atoms with Crippen LogP contribution < -0.4 is 14.4 Å². The number of amides is 1. The van der Waals surface area contributed by atoms with Gasteiger partial charge in [-0.25, -0.2) is 4.31 Å². The number of carbonyl (C=O) groups is 1. The van der Waals surface area contributed by atoms with Gasteiger partial charge in [0.2, 0.25) is 5.91 Å². The van der Waals surface area contributed by atoms with Crippen LogP contribution in [-0.2, 0) is 15.0 Å². The fourth-order valence-electron chi connectivity index (χ4n) is 2.20. The van der Waals surface area contributed by atoms with Gasteiger partial charge >= 0.3 is 10.2 Å². The maximum absolute atomic E-state index is 12.6. The summed E-state index contributed by atoms with van der Waals surface area (Å²) in [7, 11) is -0.975. The maximum atomic E-state index is 12.6. The second-order valence-electron chi connectivity index (χ2n) is 5.76. The molecule has 0 atom stereocenters. The third kappa shape index (κ3) is 5.85. The fourth-order valence-corrected chi connectivity index (χ4v) is 3.45. The van der Waals surface area contributed by atoms with E-state index in [0.717, 1.165) is 8.61 Å². The molecule has 0 saturated carbocycles. The lowest BCUT2D eigenvalue weighted by Gasteiger charge is -2.26. The van der Waals surface area contributed by atoms with E-state index in [9.17, 15) is 13.2 Å². The highest BCUT2D eigenvalue weighted by atomic mass is 35.5. The molecule has 0 aliphatic heterocycles. The van der Waals surface area contributed by atoms with Crippen molar-refractivity contribution in [3.63, 3.8) is 0 Å². The van der Waals surface area contributed by atoms with Gasteiger partial charge < -0.3 is 10.1 Å². The lowest BCUT2D eigenvalue weighted by Crippen LogP contribution is -2.46. The van der Waals surface area contributed by atoms with Crippen LogP contribution in [0, 0.1) is 0 Å². The second-order valence-corrected chi connectivity index (χ2v) is 8.24. The first-order chi connectivity index (χ1) is 12.8. The first kappa shape index (κ1) is 21.0. The summed E-state index contributed by atoms with van der Waals surface area (Å²) < 4.78 is 32.7. The van der Waals surface area contributed by atoms with Crippen LogP contribution in [0.5, 0.6) is 5.75 Å². The zero-order valence-electron chi connectivity index (χ0n) is 15.1. The molecule has 2 aromatic rings. The molecule has 0 unspecified atom stereocenters. The molecule has 0 aliphatic carbocycles. The lowest BCUT2D eigenvalue weighted by atomic mass is 10.3. The van der Waals surface area contributed by atoms with Gasteiger partial charge in [0.15, 0.2) is 0 Å². The zero-order valence-corrected chi connectivity index (χ0v) is 16.7. The van der Waals surface area contributed by atoms with Gasteiger partial charge in [0, 0.05) is 14.1 Å². The van der Waals surface area contributed by atoms with Gasteiger partial charge in [0.05, 0.1) is 17.3 Å². The number of nitrogens with zero attached hydrogens (tertiary/aromatic N) is 2. The highest BCUT2D eigenvalue weighted by Crippen LogP contribution is 2.22. The number of hydrogen-bond acceptors (Lipinski definition) is 4. The Morgan fingerprint density at radius 2 is 1.70 bits per heavy atom. The van der Waals surface area contributed by atoms with Gasteiger partial charge in [0.25, 0.3) is 0 Å². The summed E-state index contributed by atoms with van der Waals surface area (Å²) in [5.41, 5.74) is 0.411. The Hall–Kier alpha value is -2.29. The number of halogens is 1. The number of anilines is 1. The number of rotatable bonds is 9. The van der Waals surface area contributed by atoms with Crippen LogP contribution in [0.2, 0.25) is 5.02 Å². The van der Waals surface area contributed by atoms with Crippen LogP contribution in [-0.4, -0.2) is 52.4 Å².